The van der Waals surface area contributed by atoms with Crippen molar-refractivity contribution in [2.24, 2.45) is 5.73 Å². The molecule has 0 radical (unpaired) electrons. The number of para-hydroxylation sites is 2. The van der Waals surface area contributed by atoms with Gasteiger partial charge in [0.15, 0.2) is 0 Å². The van der Waals surface area contributed by atoms with Crippen LogP contribution in [0.4, 0.5) is 14.5 Å². The number of anilines is 1. The van der Waals surface area contributed by atoms with Crippen LogP contribution in [-0.2, 0) is 6.54 Å². The lowest BCUT2D eigenvalue weighted by molar-refractivity contribution is -0.0493. The lowest BCUT2D eigenvalue weighted by Crippen LogP contribution is -2.15. The molecule has 0 fully saturated rings. The Labute approximate surface area is 120 Å². The first kappa shape index (κ1) is 14.8. The summed E-state index contributed by atoms with van der Waals surface area (Å²) in [5.74, 6) is -0.492. The summed E-state index contributed by atoms with van der Waals surface area (Å²) in [4.78, 5) is 11.3. The fourth-order valence-corrected chi connectivity index (χ4v) is 1.92. The average Bonchev–Trinajstić information content (AvgIpc) is 2.46. The topological polar surface area (TPSA) is 64.4 Å². The van der Waals surface area contributed by atoms with Gasteiger partial charge in [-0.15, -0.1) is 0 Å². The molecule has 21 heavy (non-hydrogen) atoms. The van der Waals surface area contributed by atoms with E-state index < -0.39 is 12.5 Å². The van der Waals surface area contributed by atoms with E-state index in [1.54, 1.807) is 42.5 Å². The summed E-state index contributed by atoms with van der Waals surface area (Å²) in [5.41, 5.74) is 6.77. The maximum atomic E-state index is 12.3. The fourth-order valence-electron chi connectivity index (χ4n) is 1.92. The zero-order chi connectivity index (χ0) is 15.2. The molecule has 0 saturated carbocycles. The molecular formula is C15H14F2N2O2. The van der Waals surface area contributed by atoms with Crippen molar-refractivity contribution in [2.45, 2.75) is 13.2 Å². The second-order valence-electron chi connectivity index (χ2n) is 4.25. The molecule has 0 heterocycles. The van der Waals surface area contributed by atoms with Crippen LogP contribution in [-0.4, -0.2) is 12.5 Å². The van der Waals surface area contributed by atoms with E-state index in [1.807, 2.05) is 0 Å². The third-order valence-corrected chi connectivity index (χ3v) is 2.86. The van der Waals surface area contributed by atoms with E-state index >= 15 is 0 Å². The molecule has 0 aliphatic heterocycles. The SMILES string of the molecule is NC(=O)c1ccccc1CNc1ccccc1OC(F)F. The van der Waals surface area contributed by atoms with Crippen LogP contribution in [0.1, 0.15) is 15.9 Å². The number of hydrogen-bond acceptors (Lipinski definition) is 3. The molecule has 3 N–H and O–H groups in total. The summed E-state index contributed by atoms with van der Waals surface area (Å²) in [6.07, 6.45) is 0. The number of benzene rings is 2. The Bertz CT molecular complexity index is 633. The maximum Gasteiger partial charge on any atom is 0.387 e. The zero-order valence-electron chi connectivity index (χ0n) is 11.1. The minimum Gasteiger partial charge on any atom is -0.433 e. The molecular weight excluding hydrogens is 278 g/mol. The Morgan fingerprint density at radius 1 is 1.14 bits per heavy atom. The van der Waals surface area contributed by atoms with Crippen LogP contribution in [0.15, 0.2) is 48.5 Å². The second-order valence-corrected chi connectivity index (χ2v) is 4.25. The number of carbonyl (C=O) groups is 1. The van der Waals surface area contributed by atoms with Gasteiger partial charge in [-0.05, 0) is 23.8 Å². The quantitative estimate of drug-likeness (QED) is 0.860. The monoisotopic (exact) mass is 292 g/mol. The van der Waals surface area contributed by atoms with Crippen LogP contribution in [0.2, 0.25) is 0 Å². The number of ether oxygens (including phenoxy) is 1. The first-order chi connectivity index (χ1) is 10.1. The Balaban J connectivity index is 2.15. The van der Waals surface area contributed by atoms with Gasteiger partial charge in [-0.25, -0.2) is 0 Å². The summed E-state index contributed by atoms with van der Waals surface area (Å²) >= 11 is 0. The highest BCUT2D eigenvalue weighted by molar-refractivity contribution is 5.94. The molecule has 0 atom stereocenters. The molecule has 2 aromatic rings. The van der Waals surface area contributed by atoms with E-state index in [0.717, 1.165) is 0 Å². The van der Waals surface area contributed by atoms with Gasteiger partial charge in [0.1, 0.15) is 5.75 Å². The van der Waals surface area contributed by atoms with Crippen LogP contribution >= 0.6 is 0 Å². The van der Waals surface area contributed by atoms with Crippen molar-refractivity contribution in [2.75, 3.05) is 5.32 Å². The Kier molecular flexibility index (Phi) is 4.71. The molecule has 0 aromatic heterocycles. The van der Waals surface area contributed by atoms with Crippen molar-refractivity contribution in [3.8, 4) is 5.75 Å². The average molecular weight is 292 g/mol. The molecule has 1 amide bonds. The molecule has 4 nitrogen and oxygen atoms in total. The Morgan fingerprint density at radius 3 is 2.52 bits per heavy atom. The molecule has 2 rings (SSSR count). The van der Waals surface area contributed by atoms with Gasteiger partial charge in [-0.3, -0.25) is 4.79 Å². The van der Waals surface area contributed by atoms with Crippen molar-refractivity contribution < 1.29 is 18.3 Å². The van der Waals surface area contributed by atoms with Gasteiger partial charge in [0, 0.05) is 12.1 Å². The van der Waals surface area contributed by atoms with Crippen molar-refractivity contribution >= 4 is 11.6 Å². The van der Waals surface area contributed by atoms with E-state index in [1.165, 1.54) is 6.07 Å². The summed E-state index contributed by atoms with van der Waals surface area (Å²) < 4.78 is 29.1. The minimum atomic E-state index is -2.90. The van der Waals surface area contributed by atoms with Crippen molar-refractivity contribution in [3.05, 3.63) is 59.7 Å². The number of hydrogen-bond donors (Lipinski definition) is 2. The van der Waals surface area contributed by atoms with Gasteiger partial charge in [-0.1, -0.05) is 30.3 Å². The molecule has 110 valence electrons. The van der Waals surface area contributed by atoms with Crippen LogP contribution in [0.25, 0.3) is 0 Å². The molecule has 0 unspecified atom stereocenters. The van der Waals surface area contributed by atoms with Crippen LogP contribution in [0.3, 0.4) is 0 Å². The second kappa shape index (κ2) is 6.69. The van der Waals surface area contributed by atoms with E-state index in [4.69, 9.17) is 5.73 Å². The van der Waals surface area contributed by atoms with Gasteiger partial charge >= 0.3 is 6.61 Å². The smallest absolute Gasteiger partial charge is 0.387 e. The molecule has 0 aliphatic rings. The van der Waals surface area contributed by atoms with Crippen LogP contribution in [0.5, 0.6) is 5.75 Å². The van der Waals surface area contributed by atoms with Gasteiger partial charge < -0.3 is 15.8 Å². The summed E-state index contributed by atoms with van der Waals surface area (Å²) in [6, 6.07) is 13.2. The van der Waals surface area contributed by atoms with Crippen LogP contribution in [0, 0.1) is 0 Å². The fraction of sp³-hybridized carbons (Fsp3) is 0.133. The third-order valence-electron chi connectivity index (χ3n) is 2.86. The number of rotatable bonds is 6. The normalized spacial score (nSPS) is 10.4. The lowest BCUT2D eigenvalue weighted by Gasteiger charge is -2.13. The summed E-state index contributed by atoms with van der Waals surface area (Å²) in [5, 5.41) is 2.96. The largest absolute Gasteiger partial charge is 0.433 e. The van der Waals surface area contributed by atoms with Gasteiger partial charge in [0.25, 0.3) is 0 Å². The minimum absolute atomic E-state index is 0.0454. The highest BCUT2D eigenvalue weighted by Gasteiger charge is 2.10. The number of amides is 1. The molecule has 6 heteroatoms. The molecule has 2 aromatic carbocycles. The first-order valence-corrected chi connectivity index (χ1v) is 6.23. The number of carbonyl (C=O) groups excluding carboxylic acids is 1. The molecule has 0 bridgehead atoms. The summed E-state index contributed by atoms with van der Waals surface area (Å²) in [6.45, 7) is -2.63. The van der Waals surface area contributed by atoms with Gasteiger partial charge in [0.2, 0.25) is 5.91 Å². The molecule has 0 aliphatic carbocycles. The number of nitrogens with two attached hydrogens (primary N) is 1. The van der Waals surface area contributed by atoms with E-state index in [0.29, 0.717) is 16.8 Å². The van der Waals surface area contributed by atoms with Gasteiger partial charge in [0.05, 0.1) is 5.69 Å². The maximum absolute atomic E-state index is 12.3. The summed E-state index contributed by atoms with van der Waals surface area (Å²) in [7, 11) is 0. The first-order valence-electron chi connectivity index (χ1n) is 6.23. The number of alkyl halides is 2. The number of primary amides is 1. The standard InChI is InChI=1S/C15H14F2N2O2/c16-15(17)21-13-8-4-3-7-12(13)19-9-10-5-1-2-6-11(10)14(18)20/h1-8,15,19H,9H2,(H2,18,20). The number of halogens is 2. The van der Waals surface area contributed by atoms with Gasteiger partial charge in [-0.2, -0.15) is 8.78 Å². The third kappa shape index (κ3) is 3.92. The van der Waals surface area contributed by atoms with Crippen molar-refractivity contribution in [1.29, 1.82) is 0 Å². The predicted molar refractivity (Wildman–Crippen MR) is 75.4 cm³/mol. The van der Waals surface area contributed by atoms with Crippen molar-refractivity contribution in [3.63, 3.8) is 0 Å². The molecule has 0 spiro atoms. The van der Waals surface area contributed by atoms with Crippen LogP contribution < -0.4 is 15.8 Å². The number of nitrogens with one attached hydrogen (secondary N) is 1. The zero-order valence-corrected chi connectivity index (χ0v) is 11.1. The predicted octanol–water partition coefficient (Wildman–Crippen LogP) is 3.00. The highest BCUT2D eigenvalue weighted by Crippen LogP contribution is 2.26. The van der Waals surface area contributed by atoms with E-state index in [2.05, 4.69) is 10.1 Å². The Morgan fingerprint density at radius 2 is 1.81 bits per heavy atom. The lowest BCUT2D eigenvalue weighted by atomic mass is 10.1. The molecule has 0 saturated heterocycles. The highest BCUT2D eigenvalue weighted by atomic mass is 19.3. The Hall–Kier alpha value is -2.63. The van der Waals surface area contributed by atoms with E-state index in [9.17, 15) is 13.6 Å². The van der Waals surface area contributed by atoms with Crippen molar-refractivity contribution in [1.82, 2.24) is 0 Å². The van der Waals surface area contributed by atoms with E-state index in [-0.39, 0.29) is 12.3 Å².